The second-order valence-electron chi connectivity index (χ2n) is 6.09. The van der Waals surface area contributed by atoms with Gasteiger partial charge in [-0.05, 0) is 31.9 Å². The van der Waals surface area contributed by atoms with Crippen molar-refractivity contribution in [2.75, 3.05) is 26.5 Å². The third kappa shape index (κ3) is 4.21. The van der Waals surface area contributed by atoms with Crippen LogP contribution < -0.4 is 19.9 Å². The monoisotopic (exact) mass is 340 g/mol. The summed E-state index contributed by atoms with van der Waals surface area (Å²) < 4.78 is 32.9. The molecule has 0 spiro atoms. The first-order valence-electron chi connectivity index (χ1n) is 7.92. The molecule has 4 N–H and O–H groups in total. The second-order valence-corrected chi connectivity index (χ2v) is 7.77. The van der Waals surface area contributed by atoms with Gasteiger partial charge in [0.1, 0.15) is 17.5 Å². The largest absolute Gasteiger partial charge is 0.372 e. The second kappa shape index (κ2) is 6.86. The molecule has 126 valence electrons. The number of guanidine groups is 1. The van der Waals surface area contributed by atoms with Crippen LogP contribution in [0, 0.1) is 6.92 Å². The molecule has 2 atom stereocenters. The molecule has 1 aromatic carbocycles. The Morgan fingerprint density at radius 2 is 2.17 bits per heavy atom. The number of nitrogens with one attached hydrogen (secondary N) is 4. The molecule has 0 amide bonds. The number of hydrogen-bond acceptors (Lipinski definition) is 4. The van der Waals surface area contributed by atoms with Crippen molar-refractivity contribution in [3.8, 4) is 0 Å². The first-order valence-corrected chi connectivity index (χ1v) is 9.40. The fourth-order valence-electron chi connectivity index (χ4n) is 2.81. The summed E-state index contributed by atoms with van der Waals surface area (Å²) in [6.45, 7) is 5.04. The SMILES string of the molecule is Cc1ccc(S(=O)(=O)NC2=[NH+]C[NH+](C[C@@H]3CCCO3)CN2)cc1. The van der Waals surface area contributed by atoms with E-state index in [2.05, 4.69) is 15.0 Å². The molecule has 0 bridgehead atoms. The topological polar surface area (TPSA) is 85.8 Å². The molecule has 2 aliphatic heterocycles. The van der Waals surface area contributed by atoms with Crippen molar-refractivity contribution >= 4 is 16.0 Å². The van der Waals surface area contributed by atoms with Gasteiger partial charge in [0.15, 0.2) is 13.3 Å². The van der Waals surface area contributed by atoms with E-state index in [4.69, 9.17) is 4.74 Å². The van der Waals surface area contributed by atoms with Gasteiger partial charge < -0.3 is 4.74 Å². The number of rotatable bonds is 4. The van der Waals surface area contributed by atoms with Crippen molar-refractivity contribution in [3.63, 3.8) is 0 Å². The summed E-state index contributed by atoms with van der Waals surface area (Å²) in [6, 6.07) is 6.79. The predicted molar refractivity (Wildman–Crippen MR) is 85.1 cm³/mol. The molecular formula is C15H24N4O3S+2. The summed E-state index contributed by atoms with van der Waals surface area (Å²) >= 11 is 0. The molecule has 2 heterocycles. The van der Waals surface area contributed by atoms with Crippen LogP contribution in [0.4, 0.5) is 0 Å². The van der Waals surface area contributed by atoms with Crippen LogP contribution in [0.25, 0.3) is 0 Å². The maximum absolute atomic E-state index is 12.3. The van der Waals surface area contributed by atoms with Crippen molar-refractivity contribution in [2.24, 2.45) is 0 Å². The summed E-state index contributed by atoms with van der Waals surface area (Å²) in [7, 11) is -3.56. The Balaban J connectivity index is 1.58. The molecule has 0 aromatic heterocycles. The molecule has 1 unspecified atom stereocenters. The van der Waals surface area contributed by atoms with Crippen LogP contribution in [-0.4, -0.2) is 47.0 Å². The van der Waals surface area contributed by atoms with E-state index in [-0.39, 0.29) is 4.90 Å². The molecule has 7 nitrogen and oxygen atoms in total. The minimum Gasteiger partial charge on any atom is -0.372 e. The zero-order valence-corrected chi connectivity index (χ0v) is 14.1. The van der Waals surface area contributed by atoms with Crippen LogP contribution in [-0.2, 0) is 14.8 Å². The summed E-state index contributed by atoms with van der Waals surface area (Å²) in [6.07, 6.45) is 2.56. The number of benzene rings is 1. The van der Waals surface area contributed by atoms with E-state index in [9.17, 15) is 8.42 Å². The Kier molecular flexibility index (Phi) is 4.84. The highest BCUT2D eigenvalue weighted by molar-refractivity contribution is 7.90. The highest BCUT2D eigenvalue weighted by Crippen LogP contribution is 2.10. The van der Waals surface area contributed by atoms with Gasteiger partial charge >= 0.3 is 16.0 Å². The van der Waals surface area contributed by atoms with Crippen LogP contribution >= 0.6 is 0 Å². The minimum absolute atomic E-state index is 0.258. The molecule has 23 heavy (non-hydrogen) atoms. The standard InChI is InChI=1S/C15H22N4O3S/c1-12-4-6-14(7-5-12)23(20,21)18-15-16-10-19(11-17-15)9-13-3-2-8-22-13/h4-7,13H,2-3,8-11H2,1H3,(H2,16,17,18)/p+2/t13-/m0/s1. The highest BCUT2D eigenvalue weighted by Gasteiger charge is 2.28. The van der Waals surface area contributed by atoms with Crippen LogP contribution in [0.3, 0.4) is 0 Å². The van der Waals surface area contributed by atoms with E-state index in [0.29, 0.717) is 25.4 Å². The van der Waals surface area contributed by atoms with Gasteiger partial charge in [-0.25, -0.2) is 10.3 Å². The van der Waals surface area contributed by atoms with Crippen molar-refractivity contribution in [2.45, 2.75) is 30.8 Å². The fraction of sp³-hybridized carbons (Fsp3) is 0.533. The van der Waals surface area contributed by atoms with Crippen molar-refractivity contribution in [3.05, 3.63) is 29.8 Å². The Morgan fingerprint density at radius 1 is 1.39 bits per heavy atom. The number of quaternary nitrogens is 1. The van der Waals surface area contributed by atoms with Crippen molar-refractivity contribution in [1.82, 2.24) is 10.0 Å². The molecule has 1 saturated heterocycles. The van der Waals surface area contributed by atoms with Crippen molar-refractivity contribution < 1.29 is 23.0 Å². The third-order valence-corrected chi connectivity index (χ3v) is 5.50. The van der Waals surface area contributed by atoms with Crippen molar-refractivity contribution in [1.29, 1.82) is 0 Å². The third-order valence-electron chi connectivity index (χ3n) is 4.14. The molecular weight excluding hydrogens is 316 g/mol. The molecule has 0 aliphatic carbocycles. The lowest BCUT2D eigenvalue weighted by molar-refractivity contribution is -0.982. The smallest absolute Gasteiger partial charge is 0.367 e. The number of ether oxygens (including phenoxy) is 1. The zero-order chi connectivity index (χ0) is 16.3. The normalized spacial score (nSPS) is 24.8. The van der Waals surface area contributed by atoms with E-state index < -0.39 is 10.0 Å². The van der Waals surface area contributed by atoms with E-state index in [0.717, 1.165) is 31.6 Å². The van der Waals surface area contributed by atoms with E-state index in [1.54, 1.807) is 24.3 Å². The van der Waals surface area contributed by atoms with Gasteiger partial charge in [-0.2, -0.15) is 13.1 Å². The summed E-state index contributed by atoms with van der Waals surface area (Å²) in [4.78, 5) is 4.66. The molecule has 3 rings (SSSR count). The van der Waals surface area contributed by atoms with Gasteiger partial charge in [-0.3, -0.25) is 4.90 Å². The molecule has 1 aromatic rings. The summed E-state index contributed by atoms with van der Waals surface area (Å²) in [5.41, 5.74) is 1.03. The Hall–Kier alpha value is -1.64. The Bertz CT molecular complexity index is 666. The quantitative estimate of drug-likeness (QED) is 0.480. The Morgan fingerprint density at radius 3 is 2.78 bits per heavy atom. The van der Waals surface area contributed by atoms with Crippen LogP contribution in [0.15, 0.2) is 29.2 Å². The number of aryl methyl sites for hydroxylation is 1. The molecule has 8 heteroatoms. The van der Waals surface area contributed by atoms with Crippen LogP contribution in [0.5, 0.6) is 0 Å². The highest BCUT2D eigenvalue weighted by atomic mass is 32.2. The fourth-order valence-corrected chi connectivity index (χ4v) is 3.83. The average molecular weight is 340 g/mol. The molecule has 1 fully saturated rings. The lowest BCUT2D eigenvalue weighted by Gasteiger charge is -2.22. The molecule has 0 saturated carbocycles. The van der Waals surface area contributed by atoms with Crippen LogP contribution in [0.1, 0.15) is 18.4 Å². The predicted octanol–water partition coefficient (Wildman–Crippen LogP) is -2.71. The van der Waals surface area contributed by atoms with E-state index in [1.807, 2.05) is 6.92 Å². The molecule has 0 radical (unpaired) electrons. The first kappa shape index (κ1) is 16.2. The minimum atomic E-state index is -3.56. The maximum atomic E-state index is 12.3. The van der Waals surface area contributed by atoms with E-state index in [1.165, 1.54) is 4.90 Å². The summed E-state index contributed by atoms with van der Waals surface area (Å²) in [5.74, 6) is 0.432. The van der Waals surface area contributed by atoms with Gasteiger partial charge in [-0.15, -0.1) is 0 Å². The lowest BCUT2D eigenvalue weighted by atomic mass is 10.2. The van der Waals surface area contributed by atoms with E-state index >= 15 is 0 Å². The molecule has 2 aliphatic rings. The number of sulfonamides is 1. The first-order chi connectivity index (χ1) is 11.0. The zero-order valence-electron chi connectivity index (χ0n) is 13.3. The Labute approximate surface area is 136 Å². The lowest BCUT2D eigenvalue weighted by Crippen LogP contribution is -3.25. The van der Waals surface area contributed by atoms with Gasteiger partial charge in [0.05, 0.1) is 0 Å². The van der Waals surface area contributed by atoms with Gasteiger partial charge in [0.2, 0.25) is 0 Å². The van der Waals surface area contributed by atoms with Crippen LogP contribution in [0.2, 0.25) is 0 Å². The van der Waals surface area contributed by atoms with Gasteiger partial charge in [0, 0.05) is 6.61 Å². The average Bonchev–Trinajstić information content (AvgIpc) is 3.02. The maximum Gasteiger partial charge on any atom is 0.367 e. The summed E-state index contributed by atoms with van der Waals surface area (Å²) in [5, 5.41) is 3.10. The van der Waals surface area contributed by atoms with Gasteiger partial charge in [0.25, 0.3) is 0 Å². The number of hydrogen-bond donors (Lipinski definition) is 4. The van der Waals surface area contributed by atoms with Gasteiger partial charge in [-0.1, -0.05) is 17.7 Å².